The average Bonchev–Trinajstić information content (AvgIpc) is 3.31. The van der Waals surface area contributed by atoms with Crippen molar-refractivity contribution in [1.82, 2.24) is 9.88 Å². The zero-order chi connectivity index (χ0) is 20.5. The Morgan fingerprint density at radius 2 is 1.83 bits per heavy atom. The lowest BCUT2D eigenvalue weighted by Crippen LogP contribution is -2.48. The number of benzene rings is 2. The number of rotatable bonds is 4. The van der Waals surface area contributed by atoms with Crippen molar-refractivity contribution in [1.29, 1.82) is 0 Å². The molecule has 3 atom stereocenters. The minimum atomic E-state index is -0.0816. The van der Waals surface area contributed by atoms with E-state index in [0.29, 0.717) is 5.92 Å². The maximum atomic E-state index is 13.6. The van der Waals surface area contributed by atoms with Gasteiger partial charge in [-0.2, -0.15) is 0 Å². The summed E-state index contributed by atoms with van der Waals surface area (Å²) in [6, 6.07) is 18.7. The minimum absolute atomic E-state index is 0.0816. The van der Waals surface area contributed by atoms with Crippen LogP contribution in [0.2, 0.25) is 0 Å². The molecule has 0 radical (unpaired) electrons. The van der Waals surface area contributed by atoms with Crippen LogP contribution in [0.5, 0.6) is 0 Å². The van der Waals surface area contributed by atoms with Gasteiger partial charge in [-0.25, -0.2) is 0 Å². The first kappa shape index (κ1) is 19.3. The van der Waals surface area contributed by atoms with Crippen LogP contribution in [0.1, 0.15) is 38.2 Å². The number of nitrogens with zero attached hydrogens (tertiary/aromatic N) is 1. The molecule has 1 saturated carbocycles. The number of hydrogen-bond donors (Lipinski definition) is 2. The molecule has 5 heteroatoms. The van der Waals surface area contributed by atoms with Crippen LogP contribution < -0.4 is 5.32 Å². The third kappa shape index (κ3) is 3.63. The summed E-state index contributed by atoms with van der Waals surface area (Å²) >= 11 is 1.64. The fourth-order valence-corrected chi connectivity index (χ4v) is 5.92. The Balaban J connectivity index is 1.49. The zero-order valence-corrected chi connectivity index (χ0v) is 18.0. The van der Waals surface area contributed by atoms with Crippen LogP contribution in [0.15, 0.2) is 65.7 Å². The maximum Gasteiger partial charge on any atom is 0.262 e. The maximum absolute atomic E-state index is 13.6. The van der Waals surface area contributed by atoms with Gasteiger partial charge in [0.1, 0.15) is 0 Å². The Bertz CT molecular complexity index is 1070. The third-order valence-corrected chi connectivity index (χ3v) is 7.45. The highest BCUT2D eigenvalue weighted by Gasteiger charge is 2.42. The van der Waals surface area contributed by atoms with Crippen LogP contribution in [-0.2, 0) is 4.79 Å². The molecule has 154 valence electrons. The number of aromatic amines is 1. The SMILES string of the molecule is C[C@H]1CCCC[C@@H]1N1C(=O)/C(=C/c2c[nH]c3ccccc23)SC1Nc1ccccc1. The van der Waals surface area contributed by atoms with Gasteiger partial charge in [-0.05, 0) is 43.0 Å². The van der Waals surface area contributed by atoms with E-state index in [-0.39, 0.29) is 17.4 Å². The molecule has 4 nitrogen and oxygen atoms in total. The summed E-state index contributed by atoms with van der Waals surface area (Å²) in [5.74, 6) is 0.674. The Kier molecular flexibility index (Phi) is 5.30. The summed E-state index contributed by atoms with van der Waals surface area (Å²) < 4.78 is 0. The van der Waals surface area contributed by atoms with E-state index in [0.717, 1.165) is 33.5 Å². The number of aromatic nitrogens is 1. The van der Waals surface area contributed by atoms with E-state index in [1.54, 1.807) is 11.8 Å². The molecule has 1 unspecified atom stereocenters. The van der Waals surface area contributed by atoms with Gasteiger partial charge in [0, 0.05) is 34.4 Å². The van der Waals surface area contributed by atoms with E-state index < -0.39 is 0 Å². The first-order chi connectivity index (χ1) is 14.7. The monoisotopic (exact) mass is 417 g/mol. The number of hydrogen-bond acceptors (Lipinski definition) is 3. The van der Waals surface area contributed by atoms with E-state index in [1.807, 2.05) is 36.5 Å². The van der Waals surface area contributed by atoms with Crippen LogP contribution in [-0.4, -0.2) is 27.3 Å². The second-order valence-corrected chi connectivity index (χ2v) is 9.44. The van der Waals surface area contributed by atoms with Gasteiger partial charge in [0.05, 0.1) is 4.91 Å². The van der Waals surface area contributed by atoms with E-state index in [9.17, 15) is 4.79 Å². The Labute approximate surface area is 181 Å². The molecule has 2 aliphatic rings. The smallest absolute Gasteiger partial charge is 0.262 e. The van der Waals surface area contributed by atoms with E-state index >= 15 is 0 Å². The molecule has 2 fully saturated rings. The van der Waals surface area contributed by atoms with Gasteiger partial charge >= 0.3 is 0 Å². The predicted octanol–water partition coefficient (Wildman–Crippen LogP) is 6.06. The van der Waals surface area contributed by atoms with Crippen molar-refractivity contribution in [3.63, 3.8) is 0 Å². The average molecular weight is 418 g/mol. The summed E-state index contributed by atoms with van der Waals surface area (Å²) in [5, 5.41) is 4.75. The van der Waals surface area contributed by atoms with Crippen molar-refractivity contribution in [3.8, 4) is 0 Å². The number of amides is 1. The first-order valence-electron chi connectivity index (χ1n) is 10.8. The van der Waals surface area contributed by atoms with Gasteiger partial charge in [0.25, 0.3) is 5.91 Å². The quantitative estimate of drug-likeness (QED) is 0.507. The molecule has 2 N–H and O–H groups in total. The van der Waals surface area contributed by atoms with Crippen molar-refractivity contribution < 1.29 is 4.79 Å². The summed E-state index contributed by atoms with van der Waals surface area (Å²) in [6.45, 7) is 2.29. The number of carbonyl (C=O) groups excluding carboxylic acids is 1. The highest BCUT2D eigenvalue weighted by Crippen LogP contribution is 2.42. The van der Waals surface area contributed by atoms with Crippen LogP contribution in [0.4, 0.5) is 5.69 Å². The second-order valence-electron chi connectivity index (χ2n) is 8.32. The van der Waals surface area contributed by atoms with Crippen LogP contribution >= 0.6 is 11.8 Å². The van der Waals surface area contributed by atoms with Gasteiger partial charge < -0.3 is 15.2 Å². The summed E-state index contributed by atoms with van der Waals surface area (Å²) in [6.07, 6.45) is 8.79. The largest absolute Gasteiger partial charge is 0.361 e. The Morgan fingerprint density at radius 1 is 1.07 bits per heavy atom. The number of para-hydroxylation sites is 2. The lowest BCUT2D eigenvalue weighted by atomic mass is 9.85. The summed E-state index contributed by atoms with van der Waals surface area (Å²) in [5.41, 5.74) is 3.13. The van der Waals surface area contributed by atoms with Gasteiger partial charge in [0.2, 0.25) is 0 Å². The number of nitrogens with one attached hydrogen (secondary N) is 2. The number of H-pyrrole nitrogens is 1. The second kappa shape index (κ2) is 8.23. The van der Waals surface area contributed by atoms with Crippen molar-refractivity contribution >= 4 is 40.3 Å². The summed E-state index contributed by atoms with van der Waals surface area (Å²) in [7, 11) is 0. The Morgan fingerprint density at radius 3 is 2.67 bits per heavy atom. The zero-order valence-electron chi connectivity index (χ0n) is 17.2. The number of carbonyl (C=O) groups is 1. The standard InChI is InChI=1S/C25H27N3OS/c1-17-9-5-8-14-22(17)28-24(29)23(30-25(28)27-19-10-3-2-4-11-19)15-18-16-26-21-13-7-6-12-20(18)21/h2-4,6-7,10-13,15-17,22,25-27H,5,8-9,14H2,1H3/b23-15-/t17-,22-,25?/m0/s1. The molecule has 0 bridgehead atoms. The molecule has 5 rings (SSSR count). The predicted molar refractivity (Wildman–Crippen MR) is 126 cm³/mol. The van der Waals surface area contributed by atoms with E-state index in [2.05, 4.69) is 52.5 Å². The van der Waals surface area contributed by atoms with E-state index in [4.69, 9.17) is 0 Å². The van der Waals surface area contributed by atoms with Crippen molar-refractivity contribution in [2.24, 2.45) is 5.92 Å². The third-order valence-electron chi connectivity index (χ3n) is 6.33. The molecule has 2 aromatic carbocycles. The minimum Gasteiger partial charge on any atom is -0.361 e. The van der Waals surface area contributed by atoms with Gasteiger partial charge in [-0.15, -0.1) is 0 Å². The summed E-state index contributed by atoms with van der Waals surface area (Å²) in [4.78, 5) is 19.8. The van der Waals surface area contributed by atoms with Crippen LogP contribution in [0.25, 0.3) is 17.0 Å². The lowest BCUT2D eigenvalue weighted by Gasteiger charge is -2.39. The molecular formula is C25H27N3OS. The van der Waals surface area contributed by atoms with Gasteiger partial charge in [-0.1, -0.05) is 67.9 Å². The van der Waals surface area contributed by atoms with Crippen LogP contribution in [0.3, 0.4) is 0 Å². The Hall–Kier alpha value is -2.66. The molecule has 30 heavy (non-hydrogen) atoms. The van der Waals surface area contributed by atoms with E-state index in [1.165, 1.54) is 19.3 Å². The van der Waals surface area contributed by atoms with Crippen molar-refractivity contribution in [3.05, 3.63) is 71.3 Å². The number of thioether (sulfide) groups is 1. The topological polar surface area (TPSA) is 48.1 Å². The van der Waals surface area contributed by atoms with Crippen molar-refractivity contribution in [2.75, 3.05) is 5.32 Å². The van der Waals surface area contributed by atoms with Gasteiger partial charge in [-0.3, -0.25) is 4.79 Å². The highest BCUT2D eigenvalue weighted by molar-refractivity contribution is 8.05. The molecule has 0 spiro atoms. The molecule has 1 amide bonds. The molecule has 1 aliphatic heterocycles. The fraction of sp³-hybridized carbons (Fsp3) is 0.320. The molecule has 1 aliphatic carbocycles. The number of fused-ring (bicyclic) bond motifs is 1. The fourth-order valence-electron chi connectivity index (χ4n) is 4.72. The lowest BCUT2D eigenvalue weighted by molar-refractivity contribution is -0.129. The molecular weight excluding hydrogens is 390 g/mol. The first-order valence-corrected chi connectivity index (χ1v) is 11.7. The molecule has 2 heterocycles. The molecule has 1 aromatic heterocycles. The molecule has 3 aromatic rings. The molecule has 1 saturated heterocycles. The highest BCUT2D eigenvalue weighted by atomic mass is 32.2. The normalized spacial score (nSPS) is 25.9. The van der Waals surface area contributed by atoms with Gasteiger partial charge in [0.15, 0.2) is 5.50 Å². The van der Waals surface area contributed by atoms with Crippen LogP contribution in [0, 0.1) is 5.92 Å². The van der Waals surface area contributed by atoms with Crippen molar-refractivity contribution in [2.45, 2.75) is 44.1 Å². The number of anilines is 1.